The van der Waals surface area contributed by atoms with Gasteiger partial charge < -0.3 is 39.6 Å². The van der Waals surface area contributed by atoms with E-state index in [1.807, 2.05) is 0 Å². The third kappa shape index (κ3) is 3960. The maximum Gasteiger partial charge on any atom is 0.0383 e. The van der Waals surface area contributed by atoms with Crippen molar-refractivity contribution in [2.75, 3.05) is 0 Å². The maximum absolute atomic E-state index is 8.89. The number of rotatable bonds is 0. The normalized spacial score (nSPS) is 5.56. The fraction of sp³-hybridized carbons (Fsp3) is 0.500. The van der Waals surface area contributed by atoms with E-state index in [1.54, 1.807) is 0 Å². The van der Waals surface area contributed by atoms with Crippen LogP contribution in [0.25, 0.3) is 0 Å². The van der Waals surface area contributed by atoms with Crippen LogP contribution in [0.4, 0.5) is 0 Å². The predicted octanol–water partition coefficient (Wildman–Crippen LogP) is -4.98. The van der Waals surface area contributed by atoms with Crippen molar-refractivity contribution >= 4 is 23.9 Å². The van der Waals surface area contributed by atoms with Gasteiger partial charge in [-0.3, -0.25) is 0 Å². The summed E-state index contributed by atoms with van der Waals surface area (Å²) < 4.78 is 0. The standard InChI is InChI=1S/4C2H4O2.2Rh/c4*1-2(3)4;;/h4*1H3,(H,3,4);;/p-4. The Balaban J connectivity index is -0.0000000257. The van der Waals surface area contributed by atoms with Gasteiger partial charge in [0.1, 0.15) is 0 Å². The summed E-state index contributed by atoms with van der Waals surface area (Å²) in [5.41, 5.74) is 0. The van der Waals surface area contributed by atoms with Crippen LogP contribution in [0.15, 0.2) is 0 Å². The Morgan fingerprint density at radius 3 is 0.500 bits per heavy atom. The molecule has 0 bridgehead atoms. The van der Waals surface area contributed by atoms with E-state index in [0.717, 1.165) is 27.7 Å². The molecule has 114 valence electrons. The fourth-order valence-corrected chi connectivity index (χ4v) is 0. The number of aliphatic carboxylic acids is 4. The molecule has 0 aromatic rings. The average molecular weight is 442 g/mol. The van der Waals surface area contributed by atoms with E-state index >= 15 is 0 Å². The van der Waals surface area contributed by atoms with Gasteiger partial charge in [0, 0.05) is 62.8 Å². The summed E-state index contributed by atoms with van der Waals surface area (Å²) in [6.07, 6.45) is 0. The molecule has 0 aliphatic carbocycles. The average Bonchev–Trinajstić information content (AvgIpc) is 1.76. The third-order valence-electron chi connectivity index (χ3n) is 0. The van der Waals surface area contributed by atoms with Crippen LogP contribution in [0, 0.1) is 0 Å². The van der Waals surface area contributed by atoms with Crippen molar-refractivity contribution in [3.8, 4) is 0 Å². The SMILES string of the molecule is CC(=O)[O-].CC(=O)[O-].CC(=O)[O-].CC(=O)[O-].[Rh].[Rh]. The molecule has 0 unspecified atom stereocenters. The van der Waals surface area contributed by atoms with Gasteiger partial charge in [0.2, 0.25) is 0 Å². The molecule has 0 aromatic heterocycles. The van der Waals surface area contributed by atoms with Gasteiger partial charge in [0.15, 0.2) is 0 Å². The molecule has 2 radical (unpaired) electrons. The van der Waals surface area contributed by atoms with Crippen LogP contribution in [-0.4, -0.2) is 23.9 Å². The summed E-state index contributed by atoms with van der Waals surface area (Å²) in [4.78, 5) is 35.6. The van der Waals surface area contributed by atoms with Gasteiger partial charge in [0.05, 0.1) is 0 Å². The van der Waals surface area contributed by atoms with Crippen molar-refractivity contribution < 1.29 is 78.6 Å². The minimum absolute atomic E-state index is 0. The van der Waals surface area contributed by atoms with Crippen LogP contribution in [-0.2, 0) is 58.1 Å². The number of carbonyl (C=O) groups excluding carboxylic acids is 4. The molecule has 0 rings (SSSR count). The van der Waals surface area contributed by atoms with Crippen LogP contribution >= 0.6 is 0 Å². The van der Waals surface area contributed by atoms with Crippen LogP contribution in [0.1, 0.15) is 27.7 Å². The van der Waals surface area contributed by atoms with Gasteiger partial charge in [-0.05, 0) is 27.7 Å². The Morgan fingerprint density at radius 1 is 0.500 bits per heavy atom. The summed E-state index contributed by atoms with van der Waals surface area (Å²) in [7, 11) is 0. The van der Waals surface area contributed by atoms with E-state index in [1.165, 1.54) is 0 Å². The van der Waals surface area contributed by atoms with E-state index in [9.17, 15) is 0 Å². The minimum atomic E-state index is -1.08. The molecule has 0 atom stereocenters. The smallest absolute Gasteiger partial charge is 0.0383 e. The molecule has 0 saturated heterocycles. The van der Waals surface area contributed by atoms with Crippen molar-refractivity contribution in [3.63, 3.8) is 0 Å². The molecule has 0 N–H and O–H groups in total. The Morgan fingerprint density at radius 2 is 0.500 bits per heavy atom. The predicted molar refractivity (Wildman–Crippen MR) is 42.7 cm³/mol. The first-order chi connectivity index (χ1) is 6.93. The Kier molecular flexibility index (Phi) is 59.6. The summed E-state index contributed by atoms with van der Waals surface area (Å²) >= 11 is 0. The molecule has 0 heterocycles. The molecular weight excluding hydrogens is 430 g/mol. The van der Waals surface area contributed by atoms with Crippen molar-refractivity contribution in [2.24, 2.45) is 0 Å². The summed E-state index contributed by atoms with van der Waals surface area (Å²) in [6.45, 7) is 3.89. The zero-order chi connectivity index (χ0) is 14.3. The first-order valence-corrected chi connectivity index (χ1v) is 3.63. The molecule has 0 aliphatic rings. The Hall–Kier alpha value is -0.873. The summed E-state index contributed by atoms with van der Waals surface area (Å²) in [5, 5.41) is 35.6. The van der Waals surface area contributed by atoms with E-state index in [2.05, 4.69) is 0 Å². The van der Waals surface area contributed by atoms with E-state index in [-0.39, 0.29) is 39.0 Å². The second kappa shape index (κ2) is 29.8. The largest absolute Gasteiger partial charge is 0.550 e. The van der Waals surface area contributed by atoms with Crippen molar-refractivity contribution in [3.05, 3.63) is 0 Å². The second-order valence-corrected chi connectivity index (χ2v) is 1.97. The van der Waals surface area contributed by atoms with Gasteiger partial charge in [-0.1, -0.05) is 0 Å². The zero-order valence-electron chi connectivity index (χ0n) is 9.93. The number of hydrogen-bond donors (Lipinski definition) is 0. The van der Waals surface area contributed by atoms with E-state index < -0.39 is 23.9 Å². The van der Waals surface area contributed by atoms with Gasteiger partial charge in [-0.25, -0.2) is 0 Å². The van der Waals surface area contributed by atoms with Crippen molar-refractivity contribution in [1.29, 1.82) is 0 Å². The number of hydrogen-bond acceptors (Lipinski definition) is 8. The quantitative estimate of drug-likeness (QED) is 0.337. The molecule has 18 heavy (non-hydrogen) atoms. The molecule has 8 nitrogen and oxygen atoms in total. The molecule has 0 amide bonds. The first kappa shape index (κ1) is 36.0. The second-order valence-electron chi connectivity index (χ2n) is 1.97. The molecule has 0 fully saturated rings. The monoisotopic (exact) mass is 442 g/mol. The molecule has 0 spiro atoms. The third-order valence-corrected chi connectivity index (χ3v) is 0. The summed E-state index contributed by atoms with van der Waals surface area (Å²) in [5.74, 6) is -4.33. The van der Waals surface area contributed by atoms with Gasteiger partial charge in [-0.2, -0.15) is 0 Å². The van der Waals surface area contributed by atoms with Gasteiger partial charge in [-0.15, -0.1) is 0 Å². The summed E-state index contributed by atoms with van der Waals surface area (Å²) in [6, 6.07) is 0. The Labute approximate surface area is 130 Å². The topological polar surface area (TPSA) is 161 Å². The number of carboxylic acids is 4. The first-order valence-electron chi connectivity index (χ1n) is 3.63. The minimum Gasteiger partial charge on any atom is -0.550 e. The number of carbonyl (C=O) groups is 4. The molecule has 0 aliphatic heterocycles. The van der Waals surface area contributed by atoms with Crippen LogP contribution < -0.4 is 20.4 Å². The van der Waals surface area contributed by atoms with E-state index in [0.29, 0.717) is 0 Å². The molecule has 10 heteroatoms. The molecule has 0 aromatic carbocycles. The zero-order valence-corrected chi connectivity index (χ0v) is 13.2. The maximum atomic E-state index is 8.89. The van der Waals surface area contributed by atoms with Crippen LogP contribution in [0.2, 0.25) is 0 Å². The fourth-order valence-electron chi connectivity index (χ4n) is 0. The van der Waals surface area contributed by atoms with Gasteiger partial charge in [0.25, 0.3) is 0 Å². The molecule has 0 saturated carbocycles. The van der Waals surface area contributed by atoms with Gasteiger partial charge >= 0.3 is 0 Å². The van der Waals surface area contributed by atoms with Crippen molar-refractivity contribution in [2.45, 2.75) is 27.7 Å². The van der Waals surface area contributed by atoms with Crippen LogP contribution in [0.5, 0.6) is 0 Å². The van der Waals surface area contributed by atoms with Crippen LogP contribution in [0.3, 0.4) is 0 Å². The van der Waals surface area contributed by atoms with Crippen molar-refractivity contribution in [1.82, 2.24) is 0 Å². The number of carboxylic acid groups (broad SMARTS) is 4. The molecular formula is C8H12O8Rh2-4. The Bertz CT molecular complexity index is 165. The van der Waals surface area contributed by atoms with E-state index in [4.69, 9.17) is 39.6 Å².